The third-order valence-corrected chi connectivity index (χ3v) is 3.19. The van der Waals surface area contributed by atoms with Crippen LogP contribution in [0.5, 0.6) is 11.5 Å². The molecule has 0 saturated heterocycles. The predicted octanol–water partition coefficient (Wildman–Crippen LogP) is 4.60. The van der Waals surface area contributed by atoms with Crippen LogP contribution in [0.4, 0.5) is 0 Å². The molecular weight excluding hydrogens is 260 g/mol. The summed E-state index contributed by atoms with van der Waals surface area (Å²) >= 11 is 0. The van der Waals surface area contributed by atoms with Crippen molar-refractivity contribution in [1.82, 2.24) is 0 Å². The molecule has 0 N–H and O–H groups in total. The first-order valence-electron chi connectivity index (χ1n) is 6.68. The lowest BCUT2D eigenvalue weighted by molar-refractivity contribution is 0.484. The third-order valence-electron chi connectivity index (χ3n) is 3.19. The summed E-state index contributed by atoms with van der Waals surface area (Å²) in [6.45, 7) is 0. The number of para-hydroxylation sites is 2. The smallest absolute Gasteiger partial charge is 0.234 e. The fraction of sp³-hybridized carbons (Fsp3) is 0. The van der Waals surface area contributed by atoms with Crippen molar-refractivity contribution >= 4 is 6.29 Å². The summed E-state index contributed by atoms with van der Waals surface area (Å²) in [4.78, 5) is 11.1. The van der Waals surface area contributed by atoms with Crippen molar-refractivity contribution in [1.29, 1.82) is 0 Å². The Hall–Kier alpha value is -2.87. The summed E-state index contributed by atoms with van der Waals surface area (Å²) in [5, 5.41) is 0. The number of ether oxygens (including phenoxy) is 1. The molecule has 2 nitrogen and oxygen atoms in total. The average Bonchev–Trinajstić information content (AvgIpc) is 2.56. The summed E-state index contributed by atoms with van der Waals surface area (Å²) in [6.07, 6.45) is 1.98. The van der Waals surface area contributed by atoms with Crippen molar-refractivity contribution in [2.24, 2.45) is 0 Å². The van der Waals surface area contributed by atoms with Crippen molar-refractivity contribution < 1.29 is 9.53 Å². The van der Waals surface area contributed by atoms with Gasteiger partial charge >= 0.3 is 0 Å². The Balaban J connectivity index is 2.06. The second kappa shape index (κ2) is 6.06. The van der Waals surface area contributed by atoms with Crippen LogP contribution in [0.3, 0.4) is 0 Å². The minimum Gasteiger partial charge on any atom is -0.457 e. The Labute approximate surface area is 123 Å². The van der Waals surface area contributed by atoms with Crippen LogP contribution in [-0.4, -0.2) is 6.29 Å². The molecule has 0 saturated carbocycles. The molecule has 0 amide bonds. The standard InChI is InChI=1S/C19H13O2/c20-14-15-8-4-5-11-17(15)18-12-6-7-13-19(18)21-16-9-2-1-3-10-16/h1-13H. The van der Waals surface area contributed by atoms with Gasteiger partial charge in [-0.2, -0.15) is 0 Å². The number of benzene rings is 3. The number of hydrogen-bond donors (Lipinski definition) is 0. The normalized spacial score (nSPS) is 10.1. The molecule has 0 atom stereocenters. The van der Waals surface area contributed by atoms with E-state index in [1.165, 1.54) is 0 Å². The molecule has 3 aromatic rings. The molecule has 3 rings (SSSR count). The van der Waals surface area contributed by atoms with Crippen LogP contribution in [-0.2, 0) is 4.79 Å². The zero-order valence-electron chi connectivity index (χ0n) is 11.3. The zero-order chi connectivity index (χ0) is 14.5. The highest BCUT2D eigenvalue weighted by Crippen LogP contribution is 2.34. The lowest BCUT2D eigenvalue weighted by Crippen LogP contribution is -1.91. The van der Waals surface area contributed by atoms with Crippen molar-refractivity contribution in [2.75, 3.05) is 0 Å². The first kappa shape index (κ1) is 13.1. The van der Waals surface area contributed by atoms with E-state index in [4.69, 9.17) is 4.74 Å². The van der Waals surface area contributed by atoms with Crippen molar-refractivity contribution in [3.8, 4) is 22.6 Å². The second-order valence-electron chi connectivity index (χ2n) is 4.56. The van der Waals surface area contributed by atoms with Gasteiger partial charge < -0.3 is 4.74 Å². The van der Waals surface area contributed by atoms with Crippen LogP contribution in [0, 0.1) is 0 Å². The molecule has 0 aliphatic heterocycles. The molecule has 0 aromatic heterocycles. The van der Waals surface area contributed by atoms with Crippen LogP contribution >= 0.6 is 0 Å². The van der Waals surface area contributed by atoms with Crippen LogP contribution in [0.25, 0.3) is 11.1 Å². The molecule has 0 bridgehead atoms. The summed E-state index contributed by atoms with van der Waals surface area (Å²) in [5.74, 6) is 1.48. The minimum atomic E-state index is 0.529. The van der Waals surface area contributed by atoms with Gasteiger partial charge in [0.25, 0.3) is 0 Å². The molecular formula is C19H13O2. The third kappa shape index (κ3) is 2.84. The van der Waals surface area contributed by atoms with Gasteiger partial charge in [-0.1, -0.05) is 60.7 Å². The molecule has 21 heavy (non-hydrogen) atoms. The highest BCUT2D eigenvalue weighted by Gasteiger charge is 2.10. The van der Waals surface area contributed by atoms with Gasteiger partial charge in [0.05, 0.1) is 0 Å². The monoisotopic (exact) mass is 273 g/mol. The zero-order valence-corrected chi connectivity index (χ0v) is 11.3. The van der Waals surface area contributed by atoms with E-state index in [0.717, 1.165) is 16.9 Å². The highest BCUT2D eigenvalue weighted by atomic mass is 16.5. The maximum atomic E-state index is 11.1. The molecule has 3 aromatic carbocycles. The Bertz CT molecular complexity index is 748. The Morgan fingerprint density at radius 2 is 1.29 bits per heavy atom. The van der Waals surface area contributed by atoms with Gasteiger partial charge in [0.2, 0.25) is 6.29 Å². The summed E-state index contributed by atoms with van der Waals surface area (Å²) < 4.78 is 5.93. The maximum absolute atomic E-state index is 11.1. The first-order chi connectivity index (χ1) is 10.4. The molecule has 0 aliphatic rings. The quantitative estimate of drug-likeness (QED) is 0.694. The molecule has 0 unspecified atom stereocenters. The Morgan fingerprint density at radius 1 is 0.667 bits per heavy atom. The van der Waals surface area contributed by atoms with Crippen molar-refractivity contribution in [2.45, 2.75) is 0 Å². The molecule has 0 aliphatic carbocycles. The van der Waals surface area contributed by atoms with E-state index in [1.807, 2.05) is 79.1 Å². The van der Waals surface area contributed by atoms with Crippen LogP contribution in [0.2, 0.25) is 0 Å². The van der Waals surface area contributed by atoms with Crippen molar-refractivity contribution in [3.63, 3.8) is 0 Å². The van der Waals surface area contributed by atoms with Gasteiger partial charge in [-0.15, -0.1) is 0 Å². The van der Waals surface area contributed by atoms with Crippen LogP contribution < -0.4 is 4.74 Å². The largest absolute Gasteiger partial charge is 0.457 e. The highest BCUT2D eigenvalue weighted by molar-refractivity contribution is 5.89. The Kier molecular flexibility index (Phi) is 3.79. The van der Waals surface area contributed by atoms with E-state index in [9.17, 15) is 4.79 Å². The fourth-order valence-electron chi connectivity index (χ4n) is 2.20. The van der Waals surface area contributed by atoms with Gasteiger partial charge in [0.15, 0.2) is 0 Å². The van der Waals surface area contributed by atoms with Gasteiger partial charge in [-0.05, 0) is 23.8 Å². The topological polar surface area (TPSA) is 26.3 Å². The molecule has 0 fully saturated rings. The van der Waals surface area contributed by atoms with Crippen molar-refractivity contribution in [3.05, 3.63) is 84.4 Å². The van der Waals surface area contributed by atoms with Gasteiger partial charge in [-0.25, -0.2) is 0 Å². The lowest BCUT2D eigenvalue weighted by atomic mass is 9.99. The van der Waals surface area contributed by atoms with Gasteiger partial charge in [-0.3, -0.25) is 4.79 Å². The van der Waals surface area contributed by atoms with E-state index in [1.54, 1.807) is 6.07 Å². The number of hydrogen-bond acceptors (Lipinski definition) is 2. The summed E-state index contributed by atoms with van der Waals surface area (Å²) in [7, 11) is 0. The van der Waals surface area contributed by atoms with E-state index in [-0.39, 0.29) is 0 Å². The first-order valence-corrected chi connectivity index (χ1v) is 6.68. The number of carbonyl (C=O) groups excluding carboxylic acids is 1. The maximum Gasteiger partial charge on any atom is 0.234 e. The molecule has 1 radical (unpaired) electrons. The second-order valence-corrected chi connectivity index (χ2v) is 4.56. The van der Waals surface area contributed by atoms with Crippen LogP contribution in [0.15, 0.2) is 78.9 Å². The molecule has 101 valence electrons. The lowest BCUT2D eigenvalue weighted by Gasteiger charge is -2.12. The Morgan fingerprint density at radius 3 is 2.05 bits per heavy atom. The SMILES string of the molecule is O=[C]c1ccccc1-c1ccccc1Oc1ccccc1. The fourth-order valence-corrected chi connectivity index (χ4v) is 2.20. The molecule has 0 spiro atoms. The van der Waals surface area contributed by atoms with Crippen LogP contribution in [0.1, 0.15) is 5.56 Å². The minimum absolute atomic E-state index is 0.529. The summed E-state index contributed by atoms with van der Waals surface area (Å²) in [5.41, 5.74) is 2.22. The predicted molar refractivity (Wildman–Crippen MR) is 83.2 cm³/mol. The average molecular weight is 273 g/mol. The molecule has 0 heterocycles. The number of rotatable bonds is 4. The summed E-state index contributed by atoms with van der Waals surface area (Å²) in [6, 6.07) is 24.6. The van der Waals surface area contributed by atoms with E-state index < -0.39 is 0 Å². The molecule has 2 heteroatoms. The van der Waals surface area contributed by atoms with Gasteiger partial charge in [0.1, 0.15) is 11.5 Å². The van der Waals surface area contributed by atoms with E-state index in [2.05, 4.69) is 0 Å². The van der Waals surface area contributed by atoms with E-state index in [0.29, 0.717) is 11.3 Å². The van der Waals surface area contributed by atoms with E-state index >= 15 is 0 Å². The van der Waals surface area contributed by atoms with Gasteiger partial charge in [0, 0.05) is 11.1 Å².